The Morgan fingerprint density at radius 1 is 0.900 bits per heavy atom. The highest BCUT2D eigenvalue weighted by Crippen LogP contribution is 2.40. The molecule has 0 aliphatic heterocycles. The highest BCUT2D eigenvalue weighted by atomic mass is 19.4. The van der Waals surface area contributed by atoms with E-state index in [-0.39, 0.29) is 17.2 Å². The van der Waals surface area contributed by atoms with Crippen LogP contribution in [-0.2, 0) is 0 Å². The summed E-state index contributed by atoms with van der Waals surface area (Å²) in [6.45, 7) is 3.71. The zero-order valence-electron chi connectivity index (χ0n) is 17.0. The Balaban J connectivity index is 1.87. The molecule has 0 aromatic heterocycles. The average Bonchev–Trinajstić information content (AvgIpc) is 2.69. The Morgan fingerprint density at radius 3 is 2.20 bits per heavy atom. The van der Waals surface area contributed by atoms with Crippen molar-refractivity contribution in [2.24, 2.45) is 5.92 Å². The minimum absolute atomic E-state index is 0.0721. The van der Waals surface area contributed by atoms with Crippen molar-refractivity contribution in [2.45, 2.75) is 57.9 Å². The Labute approximate surface area is 173 Å². The fourth-order valence-corrected chi connectivity index (χ4v) is 3.74. The first-order valence-corrected chi connectivity index (χ1v) is 10.00. The number of hydrogen-bond donors (Lipinski definition) is 0. The lowest BCUT2D eigenvalue weighted by atomic mass is 9.79. The van der Waals surface area contributed by atoms with Crippen molar-refractivity contribution in [1.82, 2.24) is 0 Å². The number of hydrogen-bond acceptors (Lipinski definition) is 4. The van der Waals surface area contributed by atoms with E-state index in [1.165, 1.54) is 12.1 Å². The van der Waals surface area contributed by atoms with Crippen LogP contribution in [0.2, 0.25) is 0 Å². The van der Waals surface area contributed by atoms with E-state index in [1.807, 2.05) is 13.8 Å². The number of benzene rings is 2. The minimum Gasteiger partial charge on any atom is -0.484 e. The molecule has 0 bridgehead atoms. The van der Waals surface area contributed by atoms with Crippen LogP contribution in [0.5, 0.6) is 17.2 Å². The minimum atomic E-state index is -4.88. The number of alkyl halides is 3. The second kappa shape index (κ2) is 8.98. The van der Waals surface area contributed by atoms with Crippen LogP contribution in [0.1, 0.15) is 56.3 Å². The Bertz CT molecular complexity index is 856. The summed E-state index contributed by atoms with van der Waals surface area (Å²) in [5, 5.41) is 0. The third-order valence-corrected chi connectivity index (χ3v) is 5.32. The van der Waals surface area contributed by atoms with Gasteiger partial charge in [-0.1, -0.05) is 37.5 Å². The molecule has 0 N–H and O–H groups in total. The molecule has 2 aromatic carbocycles. The number of rotatable bonds is 6. The summed E-state index contributed by atoms with van der Waals surface area (Å²) in [5.74, 6) is -0.777. The van der Waals surface area contributed by atoms with E-state index < -0.39 is 23.7 Å². The van der Waals surface area contributed by atoms with E-state index in [0.717, 1.165) is 38.2 Å². The van der Waals surface area contributed by atoms with Crippen molar-refractivity contribution >= 4 is 5.97 Å². The van der Waals surface area contributed by atoms with Gasteiger partial charge in [-0.05, 0) is 62.9 Å². The van der Waals surface area contributed by atoms with Gasteiger partial charge in [0.15, 0.2) is 11.5 Å². The Hall–Kier alpha value is -2.70. The second-order valence-corrected chi connectivity index (χ2v) is 7.95. The maximum Gasteiger partial charge on any atom is 0.573 e. The van der Waals surface area contributed by atoms with Crippen molar-refractivity contribution in [3.8, 4) is 17.2 Å². The fourth-order valence-electron chi connectivity index (χ4n) is 3.74. The molecule has 0 amide bonds. The van der Waals surface area contributed by atoms with E-state index in [1.54, 1.807) is 30.3 Å². The Kier molecular flexibility index (Phi) is 6.58. The SMILES string of the molecule is CC(C)(Oc1cc(C(=O)Oc2ccccc2)ccc1OC(F)(F)F)C1CCCCC1. The van der Waals surface area contributed by atoms with Gasteiger partial charge in [0.2, 0.25) is 0 Å². The van der Waals surface area contributed by atoms with E-state index >= 15 is 0 Å². The zero-order chi connectivity index (χ0) is 21.8. The summed E-state index contributed by atoms with van der Waals surface area (Å²) in [6, 6.07) is 12.0. The monoisotopic (exact) mass is 422 g/mol. The first-order chi connectivity index (χ1) is 14.1. The molecule has 0 radical (unpaired) electrons. The van der Waals surface area contributed by atoms with Gasteiger partial charge in [0.1, 0.15) is 11.4 Å². The van der Waals surface area contributed by atoms with Crippen LogP contribution < -0.4 is 14.2 Å². The van der Waals surface area contributed by atoms with Gasteiger partial charge in [-0.3, -0.25) is 0 Å². The lowest BCUT2D eigenvalue weighted by molar-refractivity contribution is -0.275. The average molecular weight is 422 g/mol. The molecule has 3 rings (SSSR count). The lowest BCUT2D eigenvalue weighted by Crippen LogP contribution is -2.39. The molecular formula is C23H25F3O4. The maximum absolute atomic E-state index is 12.9. The summed E-state index contributed by atoms with van der Waals surface area (Å²) < 4.78 is 54.1. The third-order valence-electron chi connectivity index (χ3n) is 5.32. The Morgan fingerprint density at radius 2 is 1.57 bits per heavy atom. The summed E-state index contributed by atoms with van der Waals surface area (Å²) in [7, 11) is 0. The molecule has 0 atom stereocenters. The first kappa shape index (κ1) is 22.0. The molecule has 30 heavy (non-hydrogen) atoms. The predicted molar refractivity (Wildman–Crippen MR) is 106 cm³/mol. The van der Waals surface area contributed by atoms with E-state index in [4.69, 9.17) is 9.47 Å². The molecule has 0 heterocycles. The predicted octanol–water partition coefficient (Wildman–Crippen LogP) is 6.54. The van der Waals surface area contributed by atoms with Crippen molar-refractivity contribution < 1.29 is 32.2 Å². The number of halogens is 3. The smallest absolute Gasteiger partial charge is 0.484 e. The van der Waals surface area contributed by atoms with Gasteiger partial charge >= 0.3 is 12.3 Å². The highest BCUT2D eigenvalue weighted by molar-refractivity contribution is 5.91. The van der Waals surface area contributed by atoms with Gasteiger partial charge in [0.05, 0.1) is 5.56 Å². The van der Waals surface area contributed by atoms with Crippen molar-refractivity contribution in [2.75, 3.05) is 0 Å². The van der Waals surface area contributed by atoms with Crippen LogP contribution in [0.15, 0.2) is 48.5 Å². The number of para-hydroxylation sites is 1. The summed E-state index contributed by atoms with van der Waals surface area (Å²) in [4.78, 5) is 12.5. The molecule has 162 valence electrons. The van der Waals surface area contributed by atoms with Gasteiger partial charge in [0, 0.05) is 0 Å². The second-order valence-electron chi connectivity index (χ2n) is 7.95. The molecule has 1 aliphatic rings. The van der Waals surface area contributed by atoms with Crippen molar-refractivity contribution in [3.05, 3.63) is 54.1 Å². The normalized spacial score (nSPS) is 15.5. The summed E-state index contributed by atoms with van der Waals surface area (Å²) >= 11 is 0. The van der Waals surface area contributed by atoms with Crippen LogP contribution >= 0.6 is 0 Å². The standard InChI is InChI=1S/C23H25F3O4/c1-22(2,17-9-5-3-6-10-17)29-20-15-16(13-14-19(20)30-23(24,25)26)21(27)28-18-11-7-4-8-12-18/h4,7-8,11-15,17H,3,5-6,9-10H2,1-2H3. The summed E-state index contributed by atoms with van der Waals surface area (Å²) in [5.41, 5.74) is -0.644. The molecule has 0 unspecified atom stereocenters. The van der Waals surface area contributed by atoms with Crippen LogP contribution in [0, 0.1) is 5.92 Å². The molecule has 2 aromatic rings. The molecule has 4 nitrogen and oxygen atoms in total. The number of ether oxygens (including phenoxy) is 3. The summed E-state index contributed by atoms with van der Waals surface area (Å²) in [6.07, 6.45) is 0.283. The molecule has 1 fully saturated rings. The number of carbonyl (C=O) groups excluding carboxylic acids is 1. The number of esters is 1. The molecule has 1 saturated carbocycles. The molecule has 1 aliphatic carbocycles. The van der Waals surface area contributed by atoms with Gasteiger partial charge < -0.3 is 14.2 Å². The van der Waals surface area contributed by atoms with Gasteiger partial charge in [0.25, 0.3) is 0 Å². The highest BCUT2D eigenvalue weighted by Gasteiger charge is 2.36. The molecule has 0 saturated heterocycles. The quantitative estimate of drug-likeness (QED) is 0.392. The van der Waals surface area contributed by atoms with Crippen LogP contribution in [-0.4, -0.2) is 17.9 Å². The van der Waals surface area contributed by atoms with Gasteiger partial charge in [-0.15, -0.1) is 13.2 Å². The van der Waals surface area contributed by atoms with Crippen LogP contribution in [0.25, 0.3) is 0 Å². The van der Waals surface area contributed by atoms with Crippen molar-refractivity contribution in [1.29, 1.82) is 0 Å². The lowest BCUT2D eigenvalue weighted by Gasteiger charge is -2.37. The maximum atomic E-state index is 12.9. The fraction of sp³-hybridized carbons (Fsp3) is 0.435. The van der Waals surface area contributed by atoms with Crippen LogP contribution in [0.4, 0.5) is 13.2 Å². The molecule has 0 spiro atoms. The molecular weight excluding hydrogens is 397 g/mol. The largest absolute Gasteiger partial charge is 0.573 e. The zero-order valence-corrected chi connectivity index (χ0v) is 17.0. The van der Waals surface area contributed by atoms with Crippen molar-refractivity contribution in [3.63, 3.8) is 0 Å². The van der Waals surface area contributed by atoms with E-state index in [2.05, 4.69) is 4.74 Å². The molecule has 7 heteroatoms. The topological polar surface area (TPSA) is 44.8 Å². The van der Waals surface area contributed by atoms with Crippen LogP contribution in [0.3, 0.4) is 0 Å². The van der Waals surface area contributed by atoms with E-state index in [0.29, 0.717) is 5.75 Å². The third kappa shape index (κ3) is 5.90. The van der Waals surface area contributed by atoms with Gasteiger partial charge in [-0.2, -0.15) is 0 Å². The van der Waals surface area contributed by atoms with Gasteiger partial charge in [-0.25, -0.2) is 4.79 Å². The van der Waals surface area contributed by atoms with E-state index in [9.17, 15) is 18.0 Å². The first-order valence-electron chi connectivity index (χ1n) is 10.00. The number of carbonyl (C=O) groups is 1.